The lowest BCUT2D eigenvalue weighted by molar-refractivity contribution is 0.0730. The molecule has 7 heteroatoms. The van der Waals surface area contributed by atoms with Gasteiger partial charge in [0.05, 0.1) is 11.8 Å². The number of nitrogens with one attached hydrogen (secondary N) is 2. The maximum absolute atomic E-state index is 13.6. The third-order valence-electron chi connectivity index (χ3n) is 4.50. The van der Waals surface area contributed by atoms with Crippen molar-refractivity contribution in [3.63, 3.8) is 0 Å². The lowest BCUT2D eigenvalue weighted by Gasteiger charge is -2.23. The number of esters is 1. The van der Waals surface area contributed by atoms with Gasteiger partial charge >= 0.3 is 5.97 Å². The summed E-state index contributed by atoms with van der Waals surface area (Å²) in [6.45, 7) is 0. The van der Waals surface area contributed by atoms with E-state index in [4.69, 9.17) is 17.0 Å². The van der Waals surface area contributed by atoms with Gasteiger partial charge in [0.2, 0.25) is 0 Å². The minimum Gasteiger partial charge on any atom is -0.423 e. The van der Waals surface area contributed by atoms with Gasteiger partial charge in [0.1, 0.15) is 11.6 Å². The van der Waals surface area contributed by atoms with Crippen molar-refractivity contribution in [2.45, 2.75) is 38.1 Å². The van der Waals surface area contributed by atoms with Crippen LogP contribution in [0, 0.1) is 5.82 Å². The van der Waals surface area contributed by atoms with Crippen molar-refractivity contribution < 1.29 is 13.9 Å². The van der Waals surface area contributed by atoms with E-state index in [2.05, 4.69) is 15.8 Å². The first-order valence-electron chi connectivity index (χ1n) is 9.28. The SMILES string of the molecule is O=C(Oc1ccc(/C=N\NC(=S)NC2CCCCC2)cc1)c1ccccc1F. The first-order chi connectivity index (χ1) is 13.6. The first-order valence-corrected chi connectivity index (χ1v) is 9.69. The molecule has 0 aromatic heterocycles. The second-order valence-electron chi connectivity index (χ2n) is 6.62. The fraction of sp³-hybridized carbons (Fsp3) is 0.286. The first kappa shape index (κ1) is 19.9. The zero-order valence-electron chi connectivity index (χ0n) is 15.4. The highest BCUT2D eigenvalue weighted by atomic mass is 32.1. The Morgan fingerprint density at radius 1 is 1.11 bits per heavy atom. The van der Waals surface area contributed by atoms with E-state index >= 15 is 0 Å². The van der Waals surface area contributed by atoms with Crippen LogP contribution in [0.4, 0.5) is 4.39 Å². The molecule has 0 bridgehead atoms. The molecule has 0 heterocycles. The molecule has 0 saturated heterocycles. The van der Waals surface area contributed by atoms with Crippen LogP contribution < -0.4 is 15.5 Å². The molecule has 2 N–H and O–H groups in total. The maximum atomic E-state index is 13.6. The number of thiocarbonyl (C=S) groups is 1. The number of hydrogen-bond donors (Lipinski definition) is 2. The number of benzene rings is 2. The highest BCUT2D eigenvalue weighted by molar-refractivity contribution is 7.80. The molecule has 0 amide bonds. The standard InChI is InChI=1S/C21H22FN3O2S/c22-19-9-5-4-8-18(19)20(26)27-17-12-10-15(11-13-17)14-23-25-21(28)24-16-6-2-1-3-7-16/h4-5,8-14,16H,1-3,6-7H2,(H2,24,25,28)/b23-14-. The number of nitrogens with zero attached hydrogens (tertiary/aromatic N) is 1. The summed E-state index contributed by atoms with van der Waals surface area (Å²) in [5, 5.41) is 7.91. The Balaban J connectivity index is 1.48. The molecular formula is C21H22FN3O2S. The summed E-state index contributed by atoms with van der Waals surface area (Å²) in [5.74, 6) is -1.02. The monoisotopic (exact) mass is 399 g/mol. The molecule has 0 aliphatic heterocycles. The van der Waals surface area contributed by atoms with Crippen molar-refractivity contribution in [2.75, 3.05) is 0 Å². The van der Waals surface area contributed by atoms with Crippen LogP contribution in [0.1, 0.15) is 48.0 Å². The minimum absolute atomic E-state index is 0.101. The molecule has 0 radical (unpaired) electrons. The molecule has 0 atom stereocenters. The van der Waals surface area contributed by atoms with Gasteiger partial charge in [-0.05, 0) is 67.0 Å². The quantitative estimate of drug-likeness (QED) is 0.260. The van der Waals surface area contributed by atoms with Crippen molar-refractivity contribution in [3.05, 3.63) is 65.5 Å². The Kier molecular flexibility index (Phi) is 7.08. The molecular weight excluding hydrogens is 377 g/mol. The van der Waals surface area contributed by atoms with E-state index in [-0.39, 0.29) is 5.56 Å². The van der Waals surface area contributed by atoms with E-state index in [1.54, 1.807) is 36.5 Å². The molecule has 1 saturated carbocycles. The average Bonchev–Trinajstić information content (AvgIpc) is 2.70. The minimum atomic E-state index is -0.736. The summed E-state index contributed by atoms with van der Waals surface area (Å²) in [7, 11) is 0. The Labute approximate surface area is 169 Å². The molecule has 2 aromatic rings. The third-order valence-corrected chi connectivity index (χ3v) is 4.71. The molecule has 1 aliphatic rings. The molecule has 0 unspecified atom stereocenters. The van der Waals surface area contributed by atoms with Gasteiger partial charge in [0.25, 0.3) is 0 Å². The Hall–Kier alpha value is -2.80. The molecule has 0 spiro atoms. The number of ether oxygens (including phenoxy) is 1. The highest BCUT2D eigenvalue weighted by Gasteiger charge is 2.14. The van der Waals surface area contributed by atoms with Crippen LogP contribution in [-0.2, 0) is 0 Å². The molecule has 146 valence electrons. The van der Waals surface area contributed by atoms with E-state index < -0.39 is 11.8 Å². The predicted octanol–water partition coefficient (Wildman–Crippen LogP) is 4.18. The number of rotatable bonds is 5. The molecule has 28 heavy (non-hydrogen) atoms. The van der Waals surface area contributed by atoms with Crippen molar-refractivity contribution >= 4 is 29.5 Å². The number of hydrogen-bond acceptors (Lipinski definition) is 4. The van der Waals surface area contributed by atoms with E-state index in [0.717, 1.165) is 18.4 Å². The van der Waals surface area contributed by atoms with Gasteiger partial charge in [0, 0.05) is 6.04 Å². The van der Waals surface area contributed by atoms with Crippen LogP contribution in [0.5, 0.6) is 5.75 Å². The average molecular weight is 399 g/mol. The fourth-order valence-corrected chi connectivity index (χ4v) is 3.26. The van der Waals surface area contributed by atoms with Crippen LogP contribution in [-0.4, -0.2) is 23.3 Å². The highest BCUT2D eigenvalue weighted by Crippen LogP contribution is 2.17. The van der Waals surface area contributed by atoms with E-state index in [9.17, 15) is 9.18 Å². The maximum Gasteiger partial charge on any atom is 0.346 e. The fourth-order valence-electron chi connectivity index (χ4n) is 3.04. The van der Waals surface area contributed by atoms with E-state index in [1.165, 1.54) is 37.5 Å². The zero-order valence-corrected chi connectivity index (χ0v) is 16.2. The van der Waals surface area contributed by atoms with Crippen molar-refractivity contribution in [3.8, 4) is 5.75 Å². The largest absolute Gasteiger partial charge is 0.423 e. The van der Waals surface area contributed by atoms with Crippen LogP contribution >= 0.6 is 12.2 Å². The molecule has 1 fully saturated rings. The smallest absolute Gasteiger partial charge is 0.346 e. The lowest BCUT2D eigenvalue weighted by Crippen LogP contribution is -2.40. The van der Waals surface area contributed by atoms with Gasteiger partial charge in [-0.15, -0.1) is 0 Å². The number of halogens is 1. The number of carbonyl (C=O) groups excluding carboxylic acids is 1. The number of hydrazone groups is 1. The van der Waals surface area contributed by atoms with E-state index in [0.29, 0.717) is 16.9 Å². The van der Waals surface area contributed by atoms with Crippen LogP contribution in [0.3, 0.4) is 0 Å². The van der Waals surface area contributed by atoms with Crippen LogP contribution in [0.25, 0.3) is 0 Å². The van der Waals surface area contributed by atoms with Gasteiger partial charge in [0.15, 0.2) is 5.11 Å². The van der Waals surface area contributed by atoms with Gasteiger partial charge in [-0.3, -0.25) is 5.43 Å². The summed E-state index contributed by atoms with van der Waals surface area (Å²) >= 11 is 5.25. The van der Waals surface area contributed by atoms with Crippen molar-refractivity contribution in [1.29, 1.82) is 0 Å². The molecule has 5 nitrogen and oxygen atoms in total. The second kappa shape index (κ2) is 9.94. The topological polar surface area (TPSA) is 62.7 Å². The van der Waals surface area contributed by atoms with Gasteiger partial charge < -0.3 is 10.1 Å². The summed E-state index contributed by atoms with van der Waals surface area (Å²) in [6, 6.07) is 12.9. The molecule has 3 rings (SSSR count). The molecule has 2 aromatic carbocycles. The van der Waals surface area contributed by atoms with Crippen molar-refractivity contribution in [1.82, 2.24) is 10.7 Å². The van der Waals surface area contributed by atoms with Gasteiger partial charge in [-0.25, -0.2) is 9.18 Å². The summed E-state index contributed by atoms with van der Waals surface area (Å²) in [4.78, 5) is 12.0. The summed E-state index contributed by atoms with van der Waals surface area (Å²) < 4.78 is 18.8. The lowest BCUT2D eigenvalue weighted by atomic mass is 9.96. The zero-order chi connectivity index (χ0) is 19.8. The normalized spacial score (nSPS) is 14.6. The van der Waals surface area contributed by atoms with Gasteiger partial charge in [-0.2, -0.15) is 5.10 Å². The van der Waals surface area contributed by atoms with Crippen molar-refractivity contribution in [2.24, 2.45) is 5.10 Å². The number of carbonyl (C=O) groups is 1. The second-order valence-corrected chi connectivity index (χ2v) is 7.03. The predicted molar refractivity (Wildman–Crippen MR) is 111 cm³/mol. The third kappa shape index (κ3) is 5.85. The van der Waals surface area contributed by atoms with Gasteiger partial charge in [-0.1, -0.05) is 31.4 Å². The van der Waals surface area contributed by atoms with E-state index in [1.807, 2.05) is 0 Å². The summed E-state index contributed by atoms with van der Waals surface area (Å²) in [5.41, 5.74) is 3.52. The Morgan fingerprint density at radius 2 is 1.82 bits per heavy atom. The Morgan fingerprint density at radius 3 is 2.54 bits per heavy atom. The summed E-state index contributed by atoms with van der Waals surface area (Å²) in [6.07, 6.45) is 7.66. The Bertz CT molecular complexity index is 849. The van der Waals surface area contributed by atoms with Crippen LogP contribution in [0.15, 0.2) is 53.6 Å². The molecule has 1 aliphatic carbocycles. The van der Waals surface area contributed by atoms with Crippen LogP contribution in [0.2, 0.25) is 0 Å².